The van der Waals surface area contributed by atoms with Gasteiger partial charge in [0.1, 0.15) is 18.1 Å². The second-order valence-corrected chi connectivity index (χ2v) is 9.17. The number of methoxy groups -OCH3 is 2. The van der Waals surface area contributed by atoms with E-state index < -0.39 is 17.9 Å². The molecule has 10 heteroatoms. The average Bonchev–Trinajstić information content (AvgIpc) is 3.49. The van der Waals surface area contributed by atoms with Gasteiger partial charge in [-0.15, -0.1) is 6.58 Å². The summed E-state index contributed by atoms with van der Waals surface area (Å²) >= 11 is 3.42. The molecule has 1 aliphatic heterocycles. The van der Waals surface area contributed by atoms with Gasteiger partial charge < -0.3 is 23.9 Å². The van der Waals surface area contributed by atoms with E-state index in [0.29, 0.717) is 30.1 Å². The third-order valence-corrected chi connectivity index (χ3v) is 6.20. The van der Waals surface area contributed by atoms with Crippen molar-refractivity contribution in [2.75, 3.05) is 14.2 Å². The number of allylic oxidation sites excluding steroid dienone is 1. The van der Waals surface area contributed by atoms with Crippen LogP contribution in [0.15, 0.2) is 75.8 Å². The van der Waals surface area contributed by atoms with Gasteiger partial charge in [0.25, 0.3) is 5.91 Å². The monoisotopic (exact) mass is 580 g/mol. The lowest BCUT2D eigenvalue weighted by Gasteiger charge is -2.16. The van der Waals surface area contributed by atoms with E-state index in [1.54, 1.807) is 18.2 Å². The predicted molar refractivity (Wildman–Crippen MR) is 142 cm³/mol. The molecule has 0 bridgehead atoms. The number of nitrogens with one attached hydrogen (secondary N) is 1. The van der Waals surface area contributed by atoms with Crippen LogP contribution < -0.4 is 14.8 Å². The van der Waals surface area contributed by atoms with E-state index in [1.807, 2.05) is 30.3 Å². The maximum atomic E-state index is 13.0. The van der Waals surface area contributed by atoms with Crippen molar-refractivity contribution in [1.82, 2.24) is 10.2 Å². The molecule has 0 spiro atoms. The number of urea groups is 1. The standard InChI is InChI=1S/C28H25BrN2O7/c1-4-5-19-12-18(14-24(35-2)25(19)37-16-17-6-8-20(29)9-7-17)13-22-26(32)31(28(34)30-22)15-21-10-11-23(38-21)27(33)36-3/h4,6-14H,1,5,15-16H2,2-3H3,(H,30,34)/b22-13-. The van der Waals surface area contributed by atoms with Gasteiger partial charge >= 0.3 is 12.0 Å². The summed E-state index contributed by atoms with van der Waals surface area (Å²) in [5.41, 5.74) is 2.51. The van der Waals surface area contributed by atoms with Crippen molar-refractivity contribution < 1.29 is 33.0 Å². The maximum absolute atomic E-state index is 13.0. The van der Waals surface area contributed by atoms with Crippen LogP contribution in [0.1, 0.15) is 33.0 Å². The van der Waals surface area contributed by atoms with Gasteiger partial charge in [-0.3, -0.25) is 9.69 Å². The second-order valence-electron chi connectivity index (χ2n) is 8.26. The lowest BCUT2D eigenvalue weighted by molar-refractivity contribution is -0.123. The minimum Gasteiger partial charge on any atom is -0.493 e. The molecule has 0 aliphatic carbocycles. The number of hydrogen-bond acceptors (Lipinski definition) is 7. The Hall–Kier alpha value is -4.31. The van der Waals surface area contributed by atoms with E-state index in [0.717, 1.165) is 20.5 Å². The molecule has 1 aromatic heterocycles. The third-order valence-electron chi connectivity index (χ3n) is 5.67. The van der Waals surface area contributed by atoms with Crippen LogP contribution in [-0.4, -0.2) is 37.0 Å². The minimum atomic E-state index is -0.650. The number of imide groups is 1. The Bertz CT molecular complexity index is 1410. The van der Waals surface area contributed by atoms with E-state index in [-0.39, 0.29) is 23.8 Å². The summed E-state index contributed by atoms with van der Waals surface area (Å²) in [6, 6.07) is 13.7. The molecule has 1 saturated heterocycles. The number of esters is 1. The summed E-state index contributed by atoms with van der Waals surface area (Å²) in [5, 5.41) is 2.59. The van der Waals surface area contributed by atoms with Crippen LogP contribution in [0, 0.1) is 0 Å². The first-order valence-corrected chi connectivity index (χ1v) is 12.3. The lowest BCUT2D eigenvalue weighted by atomic mass is 10.0. The van der Waals surface area contributed by atoms with Crippen LogP contribution in [0.5, 0.6) is 11.5 Å². The highest BCUT2D eigenvalue weighted by molar-refractivity contribution is 9.10. The Morgan fingerprint density at radius 2 is 1.89 bits per heavy atom. The number of benzene rings is 2. The molecular weight excluding hydrogens is 556 g/mol. The number of hydrogen-bond donors (Lipinski definition) is 1. The summed E-state index contributed by atoms with van der Waals surface area (Å²) in [6.45, 7) is 4.02. The number of furan rings is 1. The Kier molecular flexibility index (Phi) is 8.32. The summed E-state index contributed by atoms with van der Waals surface area (Å²) in [5.74, 6) is 0.105. The molecule has 0 atom stereocenters. The van der Waals surface area contributed by atoms with Crippen molar-refractivity contribution >= 4 is 39.9 Å². The quantitative estimate of drug-likeness (QED) is 0.151. The molecule has 38 heavy (non-hydrogen) atoms. The van der Waals surface area contributed by atoms with Gasteiger partial charge in [-0.05, 0) is 60.0 Å². The van der Waals surface area contributed by atoms with Crippen molar-refractivity contribution in [2.45, 2.75) is 19.6 Å². The predicted octanol–water partition coefficient (Wildman–Crippen LogP) is 5.24. The number of amides is 3. The molecule has 0 unspecified atom stereocenters. The normalized spacial score (nSPS) is 14.0. The van der Waals surface area contributed by atoms with Crippen LogP contribution in [-0.2, 0) is 29.1 Å². The molecule has 3 amide bonds. The Morgan fingerprint density at radius 3 is 2.58 bits per heavy atom. The van der Waals surface area contributed by atoms with Crippen molar-refractivity contribution in [1.29, 1.82) is 0 Å². The first kappa shape index (κ1) is 26.7. The molecule has 2 heterocycles. The molecule has 196 valence electrons. The molecule has 9 nitrogen and oxygen atoms in total. The minimum absolute atomic E-state index is 0.0189. The zero-order valence-corrected chi connectivity index (χ0v) is 22.4. The molecule has 0 saturated carbocycles. The van der Waals surface area contributed by atoms with Crippen LogP contribution in [0.2, 0.25) is 0 Å². The zero-order valence-electron chi connectivity index (χ0n) is 20.8. The Morgan fingerprint density at radius 1 is 1.13 bits per heavy atom. The first-order chi connectivity index (χ1) is 18.3. The van der Waals surface area contributed by atoms with Gasteiger partial charge in [0, 0.05) is 10.0 Å². The number of ether oxygens (including phenoxy) is 3. The number of halogens is 1. The molecule has 0 radical (unpaired) electrons. The maximum Gasteiger partial charge on any atom is 0.373 e. The fourth-order valence-electron chi connectivity index (χ4n) is 3.84. The fourth-order valence-corrected chi connectivity index (χ4v) is 4.10. The van der Waals surface area contributed by atoms with Crippen molar-refractivity contribution in [3.05, 3.63) is 99.6 Å². The van der Waals surface area contributed by atoms with Crippen LogP contribution in [0.25, 0.3) is 6.08 Å². The van der Waals surface area contributed by atoms with Gasteiger partial charge in [-0.25, -0.2) is 9.59 Å². The van der Waals surface area contributed by atoms with Gasteiger partial charge in [0.15, 0.2) is 11.5 Å². The summed E-state index contributed by atoms with van der Waals surface area (Å²) < 4.78 is 22.7. The highest BCUT2D eigenvalue weighted by Crippen LogP contribution is 2.35. The lowest BCUT2D eigenvalue weighted by Crippen LogP contribution is -2.30. The number of nitrogens with zero attached hydrogens (tertiary/aromatic N) is 1. The van der Waals surface area contributed by atoms with E-state index in [2.05, 4.69) is 32.6 Å². The van der Waals surface area contributed by atoms with E-state index >= 15 is 0 Å². The van der Waals surface area contributed by atoms with Crippen molar-refractivity contribution in [3.63, 3.8) is 0 Å². The summed E-state index contributed by atoms with van der Waals surface area (Å²) in [4.78, 5) is 38.1. The van der Waals surface area contributed by atoms with Gasteiger partial charge in [0.2, 0.25) is 5.76 Å². The molecule has 3 aromatic rings. The van der Waals surface area contributed by atoms with Crippen LogP contribution >= 0.6 is 15.9 Å². The Labute approximate surface area is 227 Å². The van der Waals surface area contributed by atoms with Gasteiger partial charge in [-0.2, -0.15) is 0 Å². The first-order valence-electron chi connectivity index (χ1n) is 11.5. The zero-order chi connectivity index (χ0) is 27.2. The summed E-state index contributed by atoms with van der Waals surface area (Å²) in [7, 11) is 2.77. The van der Waals surface area contributed by atoms with Gasteiger partial charge in [-0.1, -0.05) is 34.1 Å². The molecular formula is C28H25BrN2O7. The van der Waals surface area contributed by atoms with E-state index in [1.165, 1.54) is 26.4 Å². The second kappa shape index (κ2) is 11.8. The molecule has 1 fully saturated rings. The smallest absolute Gasteiger partial charge is 0.373 e. The number of carbonyl (C=O) groups excluding carboxylic acids is 3. The number of rotatable bonds is 10. The topological polar surface area (TPSA) is 107 Å². The van der Waals surface area contributed by atoms with Gasteiger partial charge in [0.05, 0.1) is 20.8 Å². The Balaban J connectivity index is 1.56. The van der Waals surface area contributed by atoms with Crippen LogP contribution in [0.4, 0.5) is 4.79 Å². The largest absolute Gasteiger partial charge is 0.493 e. The van der Waals surface area contributed by atoms with E-state index in [9.17, 15) is 14.4 Å². The molecule has 1 N–H and O–H groups in total. The van der Waals surface area contributed by atoms with Crippen LogP contribution in [0.3, 0.4) is 0 Å². The highest BCUT2D eigenvalue weighted by Gasteiger charge is 2.34. The SMILES string of the molecule is C=CCc1cc(/C=C2\NC(=O)N(Cc3ccc(C(=O)OC)o3)C2=O)cc(OC)c1OCc1ccc(Br)cc1. The van der Waals surface area contributed by atoms with E-state index in [4.69, 9.17) is 13.9 Å². The highest BCUT2D eigenvalue weighted by atomic mass is 79.9. The number of carbonyl (C=O) groups is 3. The molecule has 1 aliphatic rings. The molecule has 4 rings (SSSR count). The molecule has 2 aromatic carbocycles. The fraction of sp³-hybridized carbons (Fsp3) is 0.179. The average molecular weight is 581 g/mol. The van der Waals surface area contributed by atoms with Crippen molar-refractivity contribution in [3.8, 4) is 11.5 Å². The third kappa shape index (κ3) is 5.97. The van der Waals surface area contributed by atoms with Crippen molar-refractivity contribution in [2.24, 2.45) is 0 Å². The summed E-state index contributed by atoms with van der Waals surface area (Å²) in [6.07, 6.45) is 3.81.